The summed E-state index contributed by atoms with van der Waals surface area (Å²) in [5, 5.41) is 11.2. The molecular formula is C17H24ClF3N4O3. The zero-order valence-electron chi connectivity index (χ0n) is 15.6. The molecule has 28 heavy (non-hydrogen) atoms. The first kappa shape index (κ1) is 24.0. The molecule has 2 rings (SSSR count). The lowest BCUT2D eigenvalue weighted by molar-refractivity contribution is -0.384. The van der Waals surface area contributed by atoms with E-state index in [0.717, 1.165) is 12.1 Å². The SMILES string of the molecule is CC(C)C[C@H](N)C(=O)N1CCN(c2ccc(C(F)(F)F)cc2[N+](=O)[O-])CC1.Cl. The average Bonchev–Trinajstić information content (AvgIpc) is 2.59. The fourth-order valence-corrected chi connectivity index (χ4v) is 3.12. The molecule has 1 saturated heterocycles. The van der Waals surface area contributed by atoms with Crippen LogP contribution in [-0.2, 0) is 11.0 Å². The van der Waals surface area contributed by atoms with Crippen molar-refractivity contribution in [3.8, 4) is 0 Å². The van der Waals surface area contributed by atoms with Gasteiger partial charge in [0.15, 0.2) is 0 Å². The van der Waals surface area contributed by atoms with Crippen molar-refractivity contribution >= 4 is 29.7 Å². The Balaban J connectivity index is 0.00000392. The molecule has 1 aromatic carbocycles. The van der Waals surface area contributed by atoms with Crippen molar-refractivity contribution in [3.05, 3.63) is 33.9 Å². The highest BCUT2D eigenvalue weighted by Gasteiger charge is 2.34. The quantitative estimate of drug-likeness (QED) is 0.579. The number of rotatable bonds is 5. The van der Waals surface area contributed by atoms with Gasteiger partial charge in [-0.05, 0) is 24.5 Å². The zero-order chi connectivity index (χ0) is 20.4. The summed E-state index contributed by atoms with van der Waals surface area (Å²) in [5.41, 5.74) is 4.37. The monoisotopic (exact) mass is 424 g/mol. The van der Waals surface area contributed by atoms with Crippen molar-refractivity contribution in [3.63, 3.8) is 0 Å². The second-order valence-corrected chi connectivity index (χ2v) is 7.01. The summed E-state index contributed by atoms with van der Waals surface area (Å²) in [4.78, 5) is 26.0. The standard InChI is InChI=1S/C17H23F3N4O3.ClH/c1-11(2)9-13(21)16(25)23-7-5-22(6-8-23)14-4-3-12(17(18,19)20)10-15(14)24(26)27;/h3-4,10-11,13H,5-9,21H2,1-2H3;1H/t13-;/m0./s1. The van der Waals surface area contributed by atoms with E-state index in [-0.39, 0.29) is 43.0 Å². The van der Waals surface area contributed by atoms with E-state index in [1.807, 2.05) is 13.8 Å². The summed E-state index contributed by atoms with van der Waals surface area (Å²) in [5.74, 6) is 0.102. The molecule has 1 aromatic rings. The van der Waals surface area contributed by atoms with Crippen LogP contribution < -0.4 is 10.6 Å². The molecule has 0 aromatic heterocycles. The maximum atomic E-state index is 12.8. The predicted octanol–water partition coefficient (Wildman–Crippen LogP) is 3.06. The number of hydrogen-bond donors (Lipinski definition) is 1. The molecule has 2 N–H and O–H groups in total. The van der Waals surface area contributed by atoms with Gasteiger partial charge in [0.05, 0.1) is 16.5 Å². The van der Waals surface area contributed by atoms with Gasteiger partial charge in [0.2, 0.25) is 5.91 Å². The molecule has 0 saturated carbocycles. The lowest BCUT2D eigenvalue weighted by Gasteiger charge is -2.37. The molecule has 11 heteroatoms. The van der Waals surface area contributed by atoms with E-state index < -0.39 is 28.4 Å². The molecule has 158 valence electrons. The molecule has 1 aliphatic rings. The number of alkyl halides is 3. The Morgan fingerprint density at radius 2 is 1.82 bits per heavy atom. The summed E-state index contributed by atoms with van der Waals surface area (Å²) in [7, 11) is 0. The Hall–Kier alpha value is -2.07. The molecule has 0 bridgehead atoms. The Morgan fingerprint density at radius 1 is 1.25 bits per heavy atom. The van der Waals surface area contributed by atoms with Gasteiger partial charge in [0, 0.05) is 32.2 Å². The van der Waals surface area contributed by atoms with Crippen LogP contribution in [0, 0.1) is 16.0 Å². The Bertz CT molecular complexity index is 707. The van der Waals surface area contributed by atoms with E-state index in [0.29, 0.717) is 25.6 Å². The number of amides is 1. The van der Waals surface area contributed by atoms with Crippen LogP contribution in [0.1, 0.15) is 25.8 Å². The number of nitrogens with zero attached hydrogens (tertiary/aromatic N) is 3. The number of anilines is 1. The number of piperazine rings is 1. The number of halogens is 4. The van der Waals surface area contributed by atoms with E-state index in [9.17, 15) is 28.1 Å². The molecule has 1 heterocycles. The zero-order valence-corrected chi connectivity index (χ0v) is 16.4. The van der Waals surface area contributed by atoms with E-state index in [4.69, 9.17) is 5.73 Å². The van der Waals surface area contributed by atoms with Crippen LogP contribution in [0.15, 0.2) is 18.2 Å². The largest absolute Gasteiger partial charge is 0.416 e. The van der Waals surface area contributed by atoms with Crippen LogP contribution in [0.3, 0.4) is 0 Å². The van der Waals surface area contributed by atoms with Crippen LogP contribution in [0.5, 0.6) is 0 Å². The minimum absolute atomic E-state index is 0. The molecule has 0 unspecified atom stereocenters. The summed E-state index contributed by atoms with van der Waals surface area (Å²) in [6.07, 6.45) is -4.09. The maximum Gasteiger partial charge on any atom is 0.416 e. The number of hydrogen-bond acceptors (Lipinski definition) is 5. The second kappa shape index (κ2) is 9.42. The lowest BCUT2D eigenvalue weighted by Crippen LogP contribution is -2.53. The van der Waals surface area contributed by atoms with Crippen molar-refractivity contribution in [1.29, 1.82) is 0 Å². The van der Waals surface area contributed by atoms with Gasteiger partial charge < -0.3 is 15.5 Å². The molecule has 1 atom stereocenters. The third kappa shape index (κ3) is 5.71. The number of carbonyl (C=O) groups excluding carboxylic acids is 1. The number of benzene rings is 1. The number of nitro groups is 1. The molecule has 0 aliphatic carbocycles. The van der Waals surface area contributed by atoms with Gasteiger partial charge in [-0.3, -0.25) is 14.9 Å². The summed E-state index contributed by atoms with van der Waals surface area (Å²) >= 11 is 0. The highest BCUT2D eigenvalue weighted by Crippen LogP contribution is 2.36. The molecule has 1 amide bonds. The fraction of sp³-hybridized carbons (Fsp3) is 0.588. The van der Waals surface area contributed by atoms with Crippen molar-refractivity contribution in [1.82, 2.24) is 4.90 Å². The Kier molecular flexibility index (Phi) is 8.06. The molecule has 0 spiro atoms. The summed E-state index contributed by atoms with van der Waals surface area (Å²) in [6.45, 7) is 5.12. The first-order valence-corrected chi connectivity index (χ1v) is 8.65. The average molecular weight is 425 g/mol. The molecular weight excluding hydrogens is 401 g/mol. The summed E-state index contributed by atoms with van der Waals surface area (Å²) in [6, 6.07) is 1.89. The van der Waals surface area contributed by atoms with Crippen molar-refractivity contribution in [2.75, 3.05) is 31.1 Å². The van der Waals surface area contributed by atoms with Crippen molar-refractivity contribution < 1.29 is 22.9 Å². The van der Waals surface area contributed by atoms with Crippen LogP contribution in [0.4, 0.5) is 24.5 Å². The van der Waals surface area contributed by atoms with Gasteiger partial charge in [-0.1, -0.05) is 13.8 Å². The van der Waals surface area contributed by atoms with Crippen LogP contribution in [0.2, 0.25) is 0 Å². The lowest BCUT2D eigenvalue weighted by atomic mass is 10.0. The van der Waals surface area contributed by atoms with Crippen LogP contribution >= 0.6 is 12.4 Å². The minimum Gasteiger partial charge on any atom is -0.362 e. The van der Waals surface area contributed by atoms with Gasteiger partial charge in [-0.25, -0.2) is 0 Å². The second-order valence-electron chi connectivity index (χ2n) is 7.01. The maximum absolute atomic E-state index is 12.8. The van der Waals surface area contributed by atoms with Crippen molar-refractivity contribution in [2.45, 2.75) is 32.5 Å². The van der Waals surface area contributed by atoms with Gasteiger partial charge in [0.1, 0.15) is 5.69 Å². The topological polar surface area (TPSA) is 92.7 Å². The fourth-order valence-electron chi connectivity index (χ4n) is 3.12. The number of carbonyl (C=O) groups is 1. The van der Waals surface area contributed by atoms with Gasteiger partial charge in [-0.15, -0.1) is 12.4 Å². The van der Waals surface area contributed by atoms with Gasteiger partial charge in [0.25, 0.3) is 5.69 Å². The first-order chi connectivity index (χ1) is 12.5. The van der Waals surface area contributed by atoms with Gasteiger partial charge in [-0.2, -0.15) is 13.2 Å². The smallest absolute Gasteiger partial charge is 0.362 e. The predicted molar refractivity (Wildman–Crippen MR) is 102 cm³/mol. The van der Waals surface area contributed by atoms with Crippen molar-refractivity contribution in [2.24, 2.45) is 11.7 Å². The normalized spacial score (nSPS) is 16.0. The Morgan fingerprint density at radius 3 is 2.29 bits per heavy atom. The van der Waals surface area contributed by atoms with E-state index in [1.165, 1.54) is 0 Å². The highest BCUT2D eigenvalue weighted by atomic mass is 35.5. The molecule has 1 aliphatic heterocycles. The Labute approximate surface area is 167 Å². The third-order valence-electron chi connectivity index (χ3n) is 4.47. The van der Waals surface area contributed by atoms with Gasteiger partial charge >= 0.3 is 6.18 Å². The van der Waals surface area contributed by atoms with E-state index in [1.54, 1.807) is 9.80 Å². The number of nitro benzene ring substituents is 1. The first-order valence-electron chi connectivity index (χ1n) is 8.65. The third-order valence-corrected chi connectivity index (χ3v) is 4.47. The highest BCUT2D eigenvalue weighted by molar-refractivity contribution is 5.85. The van der Waals surface area contributed by atoms with E-state index >= 15 is 0 Å². The summed E-state index contributed by atoms with van der Waals surface area (Å²) < 4.78 is 38.5. The van der Waals surface area contributed by atoms with E-state index in [2.05, 4.69) is 0 Å². The number of nitrogens with two attached hydrogens (primary N) is 1. The molecule has 7 nitrogen and oxygen atoms in total. The van der Waals surface area contributed by atoms with Crippen LogP contribution in [-0.4, -0.2) is 48.0 Å². The molecule has 1 fully saturated rings. The molecule has 0 radical (unpaired) electrons. The van der Waals surface area contributed by atoms with Crippen LogP contribution in [0.25, 0.3) is 0 Å². The minimum atomic E-state index is -4.65.